The van der Waals surface area contributed by atoms with Gasteiger partial charge >= 0.3 is 26.2 Å². The maximum Gasteiger partial charge on any atom is 4.00 e. The predicted octanol–water partition coefficient (Wildman–Crippen LogP) is 6.48. The fourth-order valence-corrected chi connectivity index (χ4v) is 8.18. The Hall–Kier alpha value is -2.22. The van der Waals surface area contributed by atoms with Crippen LogP contribution in [0.1, 0.15) is 74.5 Å². The number of benzene rings is 4. The van der Waals surface area contributed by atoms with Crippen LogP contribution < -0.4 is 30.0 Å². The zero-order valence-electron chi connectivity index (χ0n) is 28.8. The van der Waals surface area contributed by atoms with Crippen LogP contribution in [0.2, 0.25) is 19.6 Å². The SMILES string of the molecule is CC(C)c1ccc(-c2cccc3[cH-]c(C4CCCCC4)cc23)cc1.Cc1cc2c(-c3ccc([Si](C)(C)C)cc3)cccc2[cH-]1.[Cl-].[Cl-].[Zr+4]. The summed E-state index contributed by atoms with van der Waals surface area (Å²) in [6, 6.07) is 41.1. The van der Waals surface area contributed by atoms with E-state index in [1.165, 1.54) is 92.2 Å². The molecule has 1 fully saturated rings. The van der Waals surface area contributed by atoms with Crippen LogP contribution in [0.25, 0.3) is 43.8 Å². The Balaban J connectivity index is 0.000000244. The van der Waals surface area contributed by atoms with E-state index < -0.39 is 8.07 Å². The van der Waals surface area contributed by atoms with Crippen LogP contribution in [0, 0.1) is 6.92 Å². The molecule has 6 aromatic carbocycles. The van der Waals surface area contributed by atoms with Crippen LogP contribution in [0.4, 0.5) is 0 Å². The molecule has 0 bridgehead atoms. The van der Waals surface area contributed by atoms with E-state index in [0.717, 1.165) is 5.92 Å². The van der Waals surface area contributed by atoms with E-state index in [1.54, 1.807) is 5.56 Å². The third-order valence-electron chi connectivity index (χ3n) is 9.69. The van der Waals surface area contributed by atoms with E-state index in [4.69, 9.17) is 0 Å². The molecular weight excluding hydrogens is 707 g/mol. The Morgan fingerprint density at radius 2 is 1.15 bits per heavy atom. The molecule has 0 aromatic heterocycles. The molecule has 0 unspecified atom stereocenters. The number of hydrogen-bond donors (Lipinski definition) is 0. The van der Waals surface area contributed by atoms with Gasteiger partial charge in [0.15, 0.2) is 0 Å². The molecule has 1 aliphatic carbocycles. The van der Waals surface area contributed by atoms with Gasteiger partial charge in [-0.3, -0.25) is 0 Å². The first kappa shape index (κ1) is 39.2. The summed E-state index contributed by atoms with van der Waals surface area (Å²) < 4.78 is 0. The number of halogens is 2. The van der Waals surface area contributed by atoms with Crippen molar-refractivity contribution >= 4 is 34.8 Å². The first-order chi connectivity index (χ1) is 21.2. The van der Waals surface area contributed by atoms with Gasteiger partial charge in [0.25, 0.3) is 0 Å². The third-order valence-corrected chi connectivity index (χ3v) is 11.8. The molecule has 0 heterocycles. The standard InChI is InChI=1S/C24H27.C19H21Si.2ClH.Zr/c1-17(2)18-11-13-20(14-12-18)23-10-6-9-21-15-22(16-24(21)23)19-7-4-3-5-8-19;1-14-12-16-6-5-7-18(19(16)13-14)15-8-10-17(11-9-15)20(2,3)4;;;/h6,9-17,19H,3-5,7-8H2,1-2H3;5-13H,1-4H3;2*1H;/q2*-1;;;+4/p-2. The van der Waals surface area contributed by atoms with Gasteiger partial charge in [-0.1, -0.05) is 137 Å². The summed E-state index contributed by atoms with van der Waals surface area (Å²) in [7, 11) is -1.21. The van der Waals surface area contributed by atoms with Crippen LogP contribution in [0.5, 0.6) is 0 Å². The van der Waals surface area contributed by atoms with Gasteiger partial charge in [0.2, 0.25) is 0 Å². The molecule has 6 aromatic rings. The Morgan fingerprint density at radius 1 is 0.638 bits per heavy atom. The van der Waals surface area contributed by atoms with Crippen LogP contribution in [0.3, 0.4) is 0 Å². The van der Waals surface area contributed by atoms with Crippen molar-refractivity contribution in [3.8, 4) is 22.3 Å². The molecule has 0 spiro atoms. The molecule has 4 heteroatoms. The van der Waals surface area contributed by atoms with Crippen molar-refractivity contribution in [2.45, 2.75) is 84.4 Å². The van der Waals surface area contributed by atoms with Crippen LogP contribution in [0.15, 0.2) is 109 Å². The summed E-state index contributed by atoms with van der Waals surface area (Å²) in [6.45, 7) is 13.8. The fraction of sp³-hybridized carbons (Fsp3) is 0.302. The maximum atomic E-state index is 2.47. The van der Waals surface area contributed by atoms with E-state index in [9.17, 15) is 0 Å². The molecule has 242 valence electrons. The number of aryl methyl sites for hydroxylation is 1. The van der Waals surface area contributed by atoms with Crippen molar-refractivity contribution in [2.24, 2.45) is 0 Å². The minimum Gasteiger partial charge on any atom is -1.00 e. The summed E-state index contributed by atoms with van der Waals surface area (Å²) in [6.07, 6.45) is 6.96. The number of fused-ring (bicyclic) bond motifs is 2. The predicted molar refractivity (Wildman–Crippen MR) is 198 cm³/mol. The smallest absolute Gasteiger partial charge is 1.00 e. The van der Waals surface area contributed by atoms with Gasteiger partial charge in [-0.25, -0.2) is 0 Å². The van der Waals surface area contributed by atoms with E-state index in [2.05, 4.69) is 150 Å². The summed E-state index contributed by atoms with van der Waals surface area (Å²) in [5, 5.41) is 7.06. The average Bonchev–Trinajstić information content (AvgIpc) is 3.64. The van der Waals surface area contributed by atoms with Crippen molar-refractivity contribution in [1.29, 1.82) is 0 Å². The first-order valence-electron chi connectivity index (χ1n) is 16.7. The molecule has 1 saturated carbocycles. The molecule has 0 N–H and O–H groups in total. The topological polar surface area (TPSA) is 0 Å². The van der Waals surface area contributed by atoms with E-state index >= 15 is 0 Å². The third kappa shape index (κ3) is 9.07. The molecule has 0 nitrogen and oxygen atoms in total. The normalized spacial score (nSPS) is 13.3. The molecular formula is C43H48Cl2SiZr. The molecule has 0 atom stereocenters. The van der Waals surface area contributed by atoms with Gasteiger partial charge in [0.1, 0.15) is 0 Å². The maximum absolute atomic E-state index is 2.47. The van der Waals surface area contributed by atoms with Crippen LogP contribution in [-0.2, 0) is 26.2 Å². The Bertz CT molecular complexity index is 1850. The number of rotatable bonds is 5. The summed E-state index contributed by atoms with van der Waals surface area (Å²) >= 11 is 0. The first-order valence-corrected chi connectivity index (χ1v) is 20.2. The van der Waals surface area contributed by atoms with Crippen molar-refractivity contribution < 1.29 is 51.0 Å². The van der Waals surface area contributed by atoms with Gasteiger partial charge in [-0.2, -0.15) is 12.1 Å². The molecule has 47 heavy (non-hydrogen) atoms. The second-order valence-corrected chi connectivity index (χ2v) is 19.5. The van der Waals surface area contributed by atoms with Crippen LogP contribution in [-0.4, -0.2) is 8.07 Å². The number of hydrogen-bond acceptors (Lipinski definition) is 0. The molecule has 0 aliphatic heterocycles. The van der Waals surface area contributed by atoms with E-state index in [1.807, 2.05) is 0 Å². The molecule has 0 amide bonds. The van der Waals surface area contributed by atoms with Gasteiger partial charge in [0, 0.05) is 0 Å². The van der Waals surface area contributed by atoms with Gasteiger partial charge in [0.05, 0.1) is 8.07 Å². The van der Waals surface area contributed by atoms with Crippen LogP contribution >= 0.6 is 0 Å². The van der Waals surface area contributed by atoms with Gasteiger partial charge in [-0.15, -0.1) is 69.1 Å². The average molecular weight is 755 g/mol. The minimum absolute atomic E-state index is 0. The quantitative estimate of drug-likeness (QED) is 0.140. The largest absolute Gasteiger partial charge is 4.00 e. The molecule has 0 saturated heterocycles. The van der Waals surface area contributed by atoms with Crippen molar-refractivity contribution in [3.63, 3.8) is 0 Å². The second kappa shape index (κ2) is 16.9. The summed E-state index contributed by atoms with van der Waals surface area (Å²) in [5.41, 5.74) is 9.70. The Kier molecular flexibility index (Phi) is 14.1. The molecule has 7 rings (SSSR count). The fourth-order valence-electron chi connectivity index (χ4n) is 7.01. The van der Waals surface area contributed by atoms with E-state index in [0.29, 0.717) is 5.92 Å². The van der Waals surface area contributed by atoms with E-state index in [-0.39, 0.29) is 51.0 Å². The zero-order chi connectivity index (χ0) is 30.8. The zero-order valence-corrected chi connectivity index (χ0v) is 33.8. The second-order valence-electron chi connectivity index (χ2n) is 14.4. The molecule has 1 aliphatic rings. The Labute approximate surface area is 316 Å². The minimum atomic E-state index is -1.21. The molecule has 0 radical (unpaired) electrons. The Morgan fingerprint density at radius 3 is 1.68 bits per heavy atom. The van der Waals surface area contributed by atoms with Crippen molar-refractivity contribution in [3.05, 3.63) is 126 Å². The van der Waals surface area contributed by atoms with Crippen molar-refractivity contribution in [1.82, 2.24) is 0 Å². The summed E-state index contributed by atoms with van der Waals surface area (Å²) in [4.78, 5) is 0. The van der Waals surface area contributed by atoms with Crippen molar-refractivity contribution in [2.75, 3.05) is 0 Å². The van der Waals surface area contributed by atoms with Gasteiger partial charge in [-0.05, 0) is 41.4 Å². The summed E-state index contributed by atoms with van der Waals surface area (Å²) in [5.74, 6) is 1.37. The van der Waals surface area contributed by atoms with Gasteiger partial charge < -0.3 is 24.8 Å². The monoisotopic (exact) mass is 752 g/mol.